The molecule has 0 atom stereocenters. The monoisotopic (exact) mass is 327 g/mol. The van der Waals surface area contributed by atoms with Crippen molar-refractivity contribution in [1.29, 1.82) is 0 Å². The summed E-state index contributed by atoms with van der Waals surface area (Å²) in [5.41, 5.74) is 1.12. The third kappa shape index (κ3) is 3.23. The van der Waals surface area contributed by atoms with Crippen LogP contribution in [-0.4, -0.2) is 7.11 Å². The second-order valence-corrected chi connectivity index (χ2v) is 4.76. The van der Waals surface area contributed by atoms with E-state index in [1.165, 1.54) is 6.07 Å². The van der Waals surface area contributed by atoms with Crippen LogP contribution < -0.4 is 10.1 Å². The van der Waals surface area contributed by atoms with Crippen LogP contribution in [0.1, 0.15) is 5.56 Å². The highest BCUT2D eigenvalue weighted by atomic mass is 79.9. The number of benzene rings is 2. The maximum Gasteiger partial charge on any atom is 0.150 e. The van der Waals surface area contributed by atoms with E-state index in [2.05, 4.69) is 21.2 Å². The van der Waals surface area contributed by atoms with Gasteiger partial charge in [0.1, 0.15) is 17.4 Å². The van der Waals surface area contributed by atoms with Gasteiger partial charge in [-0.2, -0.15) is 0 Å². The van der Waals surface area contributed by atoms with Crippen molar-refractivity contribution in [2.45, 2.75) is 6.54 Å². The summed E-state index contributed by atoms with van der Waals surface area (Å²) >= 11 is 3.13. The van der Waals surface area contributed by atoms with Gasteiger partial charge in [0.05, 0.1) is 12.8 Å². The van der Waals surface area contributed by atoms with E-state index in [0.717, 1.165) is 11.6 Å². The van der Waals surface area contributed by atoms with Crippen molar-refractivity contribution in [2.24, 2.45) is 0 Å². The zero-order valence-corrected chi connectivity index (χ0v) is 11.8. The van der Waals surface area contributed by atoms with Crippen LogP contribution in [0.2, 0.25) is 0 Å². The molecule has 0 aromatic heterocycles. The van der Waals surface area contributed by atoms with Crippen molar-refractivity contribution >= 4 is 21.6 Å². The van der Waals surface area contributed by atoms with Gasteiger partial charge in [-0.3, -0.25) is 0 Å². The Hall–Kier alpha value is -1.62. The first-order chi connectivity index (χ1) is 9.11. The Kier molecular flexibility index (Phi) is 4.37. The van der Waals surface area contributed by atoms with Crippen LogP contribution in [0.5, 0.6) is 5.75 Å². The van der Waals surface area contributed by atoms with Crippen molar-refractivity contribution in [3.63, 3.8) is 0 Å². The molecule has 0 aliphatic heterocycles. The molecule has 0 radical (unpaired) electrons. The summed E-state index contributed by atoms with van der Waals surface area (Å²) in [5.74, 6) is -0.539. The summed E-state index contributed by atoms with van der Waals surface area (Å²) in [6.45, 7) is 0.380. The molecule has 0 amide bonds. The minimum Gasteiger partial charge on any atom is -0.496 e. The average Bonchev–Trinajstić information content (AvgIpc) is 2.38. The predicted molar refractivity (Wildman–Crippen MR) is 74.4 cm³/mol. The minimum atomic E-state index is -0.637. The third-order valence-corrected chi connectivity index (χ3v) is 3.28. The lowest BCUT2D eigenvalue weighted by molar-refractivity contribution is 0.410. The number of nitrogens with one attached hydrogen (secondary N) is 1. The molecular weight excluding hydrogens is 316 g/mol. The fourth-order valence-electron chi connectivity index (χ4n) is 1.74. The van der Waals surface area contributed by atoms with Crippen LogP contribution in [0, 0.1) is 11.6 Å². The summed E-state index contributed by atoms with van der Waals surface area (Å²) < 4.78 is 32.2. The Bertz CT molecular complexity index is 566. The van der Waals surface area contributed by atoms with Gasteiger partial charge in [-0.25, -0.2) is 8.78 Å². The molecule has 1 N–H and O–H groups in total. The van der Waals surface area contributed by atoms with Gasteiger partial charge in [0, 0.05) is 22.6 Å². The van der Waals surface area contributed by atoms with E-state index in [1.54, 1.807) is 7.11 Å². The fraction of sp³-hybridized carbons (Fsp3) is 0.143. The molecule has 2 nitrogen and oxygen atoms in total. The van der Waals surface area contributed by atoms with Gasteiger partial charge in [0.15, 0.2) is 0 Å². The minimum absolute atomic E-state index is 0.229. The number of halogens is 3. The Morgan fingerprint density at radius 1 is 1.21 bits per heavy atom. The van der Waals surface area contributed by atoms with Crippen LogP contribution in [0.15, 0.2) is 40.9 Å². The number of hydrogen-bond donors (Lipinski definition) is 1. The van der Waals surface area contributed by atoms with Crippen LogP contribution in [0.25, 0.3) is 0 Å². The molecule has 5 heteroatoms. The molecule has 0 fully saturated rings. The lowest BCUT2D eigenvalue weighted by Crippen LogP contribution is -2.04. The molecule has 0 aliphatic carbocycles. The van der Waals surface area contributed by atoms with Gasteiger partial charge in [-0.05, 0) is 28.1 Å². The second-order valence-electron chi connectivity index (χ2n) is 3.91. The van der Waals surface area contributed by atoms with Crippen molar-refractivity contribution in [3.05, 3.63) is 58.1 Å². The normalized spacial score (nSPS) is 10.3. The SMILES string of the molecule is COc1ccccc1CNc1c(F)cc(F)cc1Br. The summed E-state index contributed by atoms with van der Waals surface area (Å²) in [4.78, 5) is 0. The highest BCUT2D eigenvalue weighted by Gasteiger charge is 2.10. The molecule has 100 valence electrons. The Labute approximate surface area is 118 Å². The van der Waals surface area contributed by atoms with E-state index in [-0.39, 0.29) is 5.69 Å². The van der Waals surface area contributed by atoms with Gasteiger partial charge < -0.3 is 10.1 Å². The molecule has 19 heavy (non-hydrogen) atoms. The van der Waals surface area contributed by atoms with Crippen molar-refractivity contribution in [2.75, 3.05) is 12.4 Å². The fourth-order valence-corrected chi connectivity index (χ4v) is 2.29. The Morgan fingerprint density at radius 2 is 1.95 bits per heavy atom. The molecule has 0 saturated heterocycles. The van der Waals surface area contributed by atoms with E-state index >= 15 is 0 Å². The predicted octanol–water partition coefficient (Wildman–Crippen LogP) is 4.35. The number of rotatable bonds is 4. The number of hydrogen-bond acceptors (Lipinski definition) is 2. The van der Waals surface area contributed by atoms with Crippen LogP contribution in [0.4, 0.5) is 14.5 Å². The van der Waals surface area contributed by atoms with Gasteiger partial charge in [0.25, 0.3) is 0 Å². The standard InChI is InChI=1S/C14H12BrF2NO/c1-19-13-5-3-2-4-9(13)8-18-14-11(15)6-10(16)7-12(14)17/h2-7,18H,8H2,1H3. The smallest absolute Gasteiger partial charge is 0.150 e. The Morgan fingerprint density at radius 3 is 2.63 bits per heavy atom. The molecule has 0 unspecified atom stereocenters. The number of ether oxygens (including phenoxy) is 1. The van der Waals surface area contributed by atoms with Gasteiger partial charge >= 0.3 is 0 Å². The quantitative estimate of drug-likeness (QED) is 0.901. The highest BCUT2D eigenvalue weighted by molar-refractivity contribution is 9.10. The highest BCUT2D eigenvalue weighted by Crippen LogP contribution is 2.28. The zero-order valence-electron chi connectivity index (χ0n) is 10.2. The van der Waals surface area contributed by atoms with Crippen molar-refractivity contribution in [1.82, 2.24) is 0 Å². The van der Waals surface area contributed by atoms with E-state index in [1.807, 2.05) is 24.3 Å². The first-order valence-corrected chi connectivity index (χ1v) is 6.41. The van der Waals surface area contributed by atoms with Crippen LogP contribution in [-0.2, 0) is 6.54 Å². The molecule has 0 spiro atoms. The molecular formula is C14H12BrF2NO. The lowest BCUT2D eigenvalue weighted by Gasteiger charge is -2.12. The summed E-state index contributed by atoms with van der Waals surface area (Å²) in [6.07, 6.45) is 0. The molecule has 0 saturated carbocycles. The van der Waals surface area contributed by atoms with Crippen molar-refractivity contribution in [3.8, 4) is 5.75 Å². The average molecular weight is 328 g/mol. The van der Waals surface area contributed by atoms with Gasteiger partial charge in [0.2, 0.25) is 0 Å². The van der Waals surface area contributed by atoms with E-state index in [4.69, 9.17) is 4.74 Å². The van der Waals surface area contributed by atoms with E-state index in [0.29, 0.717) is 16.8 Å². The lowest BCUT2D eigenvalue weighted by atomic mass is 10.2. The summed E-state index contributed by atoms with van der Waals surface area (Å²) in [7, 11) is 1.58. The first kappa shape index (κ1) is 13.8. The molecule has 0 bridgehead atoms. The molecule has 0 aliphatic rings. The topological polar surface area (TPSA) is 21.3 Å². The second kappa shape index (κ2) is 6.02. The first-order valence-electron chi connectivity index (χ1n) is 5.62. The maximum absolute atomic E-state index is 13.6. The van der Waals surface area contributed by atoms with E-state index < -0.39 is 11.6 Å². The number of para-hydroxylation sites is 1. The molecule has 2 aromatic rings. The zero-order chi connectivity index (χ0) is 13.8. The third-order valence-electron chi connectivity index (χ3n) is 2.66. The molecule has 2 rings (SSSR count). The van der Waals surface area contributed by atoms with Gasteiger partial charge in [-0.1, -0.05) is 18.2 Å². The Balaban J connectivity index is 2.19. The number of methoxy groups -OCH3 is 1. The maximum atomic E-state index is 13.6. The number of anilines is 1. The van der Waals surface area contributed by atoms with Crippen LogP contribution in [0.3, 0.4) is 0 Å². The summed E-state index contributed by atoms with van der Waals surface area (Å²) in [5, 5.41) is 2.93. The van der Waals surface area contributed by atoms with Crippen molar-refractivity contribution < 1.29 is 13.5 Å². The van der Waals surface area contributed by atoms with E-state index in [9.17, 15) is 8.78 Å². The van der Waals surface area contributed by atoms with Crippen LogP contribution >= 0.6 is 15.9 Å². The summed E-state index contributed by atoms with van der Waals surface area (Å²) in [6, 6.07) is 9.49. The molecule has 2 aromatic carbocycles. The van der Waals surface area contributed by atoms with Gasteiger partial charge in [-0.15, -0.1) is 0 Å². The molecule has 0 heterocycles. The largest absolute Gasteiger partial charge is 0.496 e.